The number of amides is 1. The van der Waals surface area contributed by atoms with Crippen LogP contribution in [-0.2, 0) is 17.6 Å². The van der Waals surface area contributed by atoms with E-state index < -0.39 is 6.10 Å². The number of rotatable bonds is 7. The molecule has 0 radical (unpaired) electrons. The van der Waals surface area contributed by atoms with E-state index in [9.17, 15) is 15.0 Å². The van der Waals surface area contributed by atoms with Crippen molar-refractivity contribution < 1.29 is 19.7 Å². The van der Waals surface area contributed by atoms with E-state index in [1.165, 1.54) is 17.5 Å². The van der Waals surface area contributed by atoms with E-state index in [2.05, 4.69) is 17.4 Å². The number of nitrogens with zero attached hydrogens (tertiary/aromatic N) is 1. The topological polar surface area (TPSA) is 82.0 Å². The van der Waals surface area contributed by atoms with E-state index in [1.54, 1.807) is 24.3 Å². The first-order chi connectivity index (χ1) is 15.1. The van der Waals surface area contributed by atoms with E-state index in [4.69, 9.17) is 4.74 Å². The van der Waals surface area contributed by atoms with Gasteiger partial charge < -0.3 is 25.2 Å². The van der Waals surface area contributed by atoms with Crippen LogP contribution in [0.4, 0.5) is 0 Å². The van der Waals surface area contributed by atoms with Gasteiger partial charge in [0.2, 0.25) is 0 Å². The van der Waals surface area contributed by atoms with Crippen LogP contribution < -0.4 is 10.1 Å². The van der Waals surface area contributed by atoms with E-state index in [1.807, 2.05) is 11.0 Å². The summed E-state index contributed by atoms with van der Waals surface area (Å²) in [5, 5.41) is 23.3. The third-order valence-corrected chi connectivity index (χ3v) is 6.35. The molecule has 166 valence electrons. The van der Waals surface area contributed by atoms with Gasteiger partial charge in [-0.2, -0.15) is 0 Å². The lowest BCUT2D eigenvalue weighted by molar-refractivity contribution is -0.134. The second-order valence-corrected chi connectivity index (χ2v) is 8.62. The number of fused-ring (bicyclic) bond motifs is 1. The van der Waals surface area contributed by atoms with Gasteiger partial charge in [0, 0.05) is 25.7 Å². The van der Waals surface area contributed by atoms with Crippen LogP contribution in [0.3, 0.4) is 0 Å². The zero-order valence-electron chi connectivity index (χ0n) is 17.9. The smallest absolute Gasteiger partial charge is 0.260 e. The van der Waals surface area contributed by atoms with Crippen molar-refractivity contribution in [1.29, 1.82) is 0 Å². The first kappa shape index (κ1) is 21.7. The second-order valence-electron chi connectivity index (χ2n) is 8.62. The van der Waals surface area contributed by atoms with Gasteiger partial charge in [0.1, 0.15) is 11.5 Å². The Balaban J connectivity index is 1.28. The number of phenolic OH excluding ortho intramolecular Hbond substituents is 1. The van der Waals surface area contributed by atoms with Crippen molar-refractivity contribution >= 4 is 5.91 Å². The summed E-state index contributed by atoms with van der Waals surface area (Å²) in [6.45, 7) is 2.25. The number of aliphatic hydroxyl groups is 1. The fourth-order valence-corrected chi connectivity index (χ4v) is 4.47. The predicted octanol–water partition coefficient (Wildman–Crippen LogP) is 2.96. The lowest BCUT2D eigenvalue weighted by Gasteiger charge is -2.28. The van der Waals surface area contributed by atoms with E-state index >= 15 is 0 Å². The molecule has 0 spiro atoms. The summed E-state index contributed by atoms with van der Waals surface area (Å²) in [6, 6.07) is 13.1. The number of aryl methyl sites for hydroxylation is 1. The normalized spacial score (nSPS) is 19.5. The van der Waals surface area contributed by atoms with E-state index in [0.29, 0.717) is 6.54 Å². The van der Waals surface area contributed by atoms with Crippen LogP contribution in [0.25, 0.3) is 0 Å². The molecule has 0 bridgehead atoms. The number of nitrogens with one attached hydrogen (secondary N) is 1. The van der Waals surface area contributed by atoms with Crippen LogP contribution in [0.15, 0.2) is 42.5 Å². The molecule has 1 heterocycles. The van der Waals surface area contributed by atoms with Crippen molar-refractivity contribution in [2.24, 2.45) is 0 Å². The molecule has 2 aromatic carbocycles. The van der Waals surface area contributed by atoms with E-state index in [0.717, 1.165) is 56.5 Å². The molecule has 0 unspecified atom stereocenters. The molecule has 2 atom stereocenters. The van der Waals surface area contributed by atoms with Gasteiger partial charge >= 0.3 is 0 Å². The Morgan fingerprint density at radius 1 is 1.10 bits per heavy atom. The van der Waals surface area contributed by atoms with Crippen LogP contribution in [0.2, 0.25) is 0 Å². The molecule has 0 aromatic heterocycles. The number of aliphatic hydroxyl groups excluding tert-OH is 1. The molecule has 6 heteroatoms. The Bertz CT molecular complexity index is 878. The number of carbonyl (C=O) groups excluding carboxylic acids is 1. The van der Waals surface area contributed by atoms with Gasteiger partial charge in [0.05, 0.1) is 6.10 Å². The Hall–Kier alpha value is -2.57. The highest BCUT2D eigenvalue weighted by molar-refractivity contribution is 5.77. The number of aromatic hydroxyl groups is 1. The lowest BCUT2D eigenvalue weighted by Crippen LogP contribution is -2.38. The molecule has 2 aromatic rings. The Labute approximate surface area is 183 Å². The minimum Gasteiger partial charge on any atom is -0.508 e. The summed E-state index contributed by atoms with van der Waals surface area (Å²) >= 11 is 0. The molecule has 31 heavy (non-hydrogen) atoms. The van der Waals surface area contributed by atoms with Gasteiger partial charge in [-0.05, 0) is 79.5 Å². The van der Waals surface area contributed by atoms with Crippen molar-refractivity contribution in [1.82, 2.24) is 10.2 Å². The highest BCUT2D eigenvalue weighted by Crippen LogP contribution is 2.26. The van der Waals surface area contributed by atoms with E-state index in [-0.39, 0.29) is 24.3 Å². The molecular weight excluding hydrogens is 392 g/mol. The highest BCUT2D eigenvalue weighted by Gasteiger charge is 2.21. The second kappa shape index (κ2) is 10.2. The van der Waals surface area contributed by atoms with Gasteiger partial charge in [0.15, 0.2) is 6.61 Å². The summed E-state index contributed by atoms with van der Waals surface area (Å²) in [5.41, 5.74) is 3.35. The highest BCUT2D eigenvalue weighted by atomic mass is 16.5. The Morgan fingerprint density at radius 3 is 2.65 bits per heavy atom. The van der Waals surface area contributed by atoms with Crippen molar-refractivity contribution in [2.45, 2.75) is 50.7 Å². The summed E-state index contributed by atoms with van der Waals surface area (Å²) in [6.07, 6.45) is 5.63. The number of carbonyl (C=O) groups is 1. The largest absolute Gasteiger partial charge is 0.508 e. The monoisotopic (exact) mass is 424 g/mol. The Morgan fingerprint density at radius 2 is 1.87 bits per heavy atom. The van der Waals surface area contributed by atoms with Gasteiger partial charge in [-0.3, -0.25) is 4.79 Å². The van der Waals surface area contributed by atoms with Crippen LogP contribution >= 0.6 is 0 Å². The number of hydrogen-bond acceptors (Lipinski definition) is 5. The molecule has 1 aliphatic heterocycles. The average Bonchev–Trinajstić information content (AvgIpc) is 2.81. The number of piperidine rings is 1. The average molecular weight is 425 g/mol. The zero-order chi connectivity index (χ0) is 21.6. The number of benzene rings is 2. The molecule has 2 aliphatic rings. The zero-order valence-corrected chi connectivity index (χ0v) is 17.9. The number of phenols is 1. The maximum atomic E-state index is 12.4. The summed E-state index contributed by atoms with van der Waals surface area (Å²) in [5.74, 6) is 1.01. The maximum Gasteiger partial charge on any atom is 0.260 e. The third-order valence-electron chi connectivity index (χ3n) is 6.35. The van der Waals surface area contributed by atoms with Crippen molar-refractivity contribution in [3.05, 3.63) is 59.2 Å². The minimum absolute atomic E-state index is 0.0696. The third kappa shape index (κ3) is 5.77. The molecule has 3 N–H and O–H groups in total. The van der Waals surface area contributed by atoms with Crippen molar-refractivity contribution in [3.63, 3.8) is 0 Å². The molecule has 1 saturated heterocycles. The van der Waals surface area contributed by atoms with Gasteiger partial charge in [-0.15, -0.1) is 0 Å². The minimum atomic E-state index is -0.613. The van der Waals surface area contributed by atoms with Crippen molar-refractivity contribution in [2.75, 3.05) is 26.2 Å². The fourth-order valence-electron chi connectivity index (χ4n) is 4.47. The molecule has 1 fully saturated rings. The fraction of sp³-hybridized carbons (Fsp3) is 0.480. The molecular formula is C25H32N2O4. The molecule has 4 rings (SSSR count). The molecule has 1 amide bonds. The standard InChI is InChI=1S/C25H32N2O4/c28-22-9-5-19(6-10-22)24(29)16-26-21-8-4-18-7-11-23(15-20(18)14-21)31-17-25(30)27-12-2-1-3-13-27/h5-7,9-11,15,21,24,26,28-29H,1-4,8,12-14,16-17H2/t21-,24-/m0/s1. The van der Waals surface area contributed by atoms with Crippen LogP contribution in [0.5, 0.6) is 11.5 Å². The predicted molar refractivity (Wildman–Crippen MR) is 119 cm³/mol. The van der Waals surface area contributed by atoms with Gasteiger partial charge in [-0.1, -0.05) is 18.2 Å². The van der Waals surface area contributed by atoms with Crippen LogP contribution in [0.1, 0.15) is 48.5 Å². The van der Waals surface area contributed by atoms with Crippen molar-refractivity contribution in [3.8, 4) is 11.5 Å². The Kier molecular flexibility index (Phi) is 7.10. The number of ether oxygens (including phenoxy) is 1. The molecule has 6 nitrogen and oxygen atoms in total. The lowest BCUT2D eigenvalue weighted by atomic mass is 9.88. The van der Waals surface area contributed by atoms with Gasteiger partial charge in [-0.25, -0.2) is 0 Å². The molecule has 1 aliphatic carbocycles. The SMILES string of the molecule is O=C(COc1ccc2c(c1)C[C@@H](NC[C@H](O)c1ccc(O)cc1)CC2)N1CCCCC1. The van der Waals surface area contributed by atoms with Crippen LogP contribution in [0, 0.1) is 0 Å². The number of likely N-dealkylation sites (tertiary alicyclic amines) is 1. The molecule has 0 saturated carbocycles. The first-order valence-corrected chi connectivity index (χ1v) is 11.3. The summed E-state index contributed by atoms with van der Waals surface area (Å²) in [4.78, 5) is 14.3. The number of hydrogen-bond donors (Lipinski definition) is 3. The van der Waals surface area contributed by atoms with Crippen LogP contribution in [-0.4, -0.2) is 53.3 Å². The summed E-state index contributed by atoms with van der Waals surface area (Å²) in [7, 11) is 0. The summed E-state index contributed by atoms with van der Waals surface area (Å²) < 4.78 is 5.82. The first-order valence-electron chi connectivity index (χ1n) is 11.3. The quantitative estimate of drug-likeness (QED) is 0.637. The van der Waals surface area contributed by atoms with Gasteiger partial charge in [0.25, 0.3) is 5.91 Å². The maximum absolute atomic E-state index is 12.4.